The van der Waals surface area contributed by atoms with Crippen molar-refractivity contribution in [2.45, 2.75) is 6.54 Å². The summed E-state index contributed by atoms with van der Waals surface area (Å²) in [6.45, 7) is 0.189. The minimum Gasteiger partial charge on any atom is -0.484 e. The number of hydrogen-bond acceptors (Lipinski definition) is 3. The van der Waals surface area contributed by atoms with Crippen molar-refractivity contribution in [1.29, 1.82) is 0 Å². The van der Waals surface area contributed by atoms with Crippen LogP contribution in [-0.4, -0.2) is 18.8 Å². The molecule has 0 aliphatic heterocycles. The Labute approximate surface area is 121 Å². The van der Waals surface area contributed by atoms with Crippen LogP contribution >= 0.6 is 0 Å². The molecule has 21 heavy (non-hydrogen) atoms. The van der Waals surface area contributed by atoms with Gasteiger partial charge in [0.25, 0.3) is 5.91 Å². The molecule has 0 heterocycles. The standard InChI is InChI=1S/C16H14FNO3/c17-14-5-1-12(2-6-14)9-18-16(20)11-21-15-7-3-13(10-19)4-8-15/h1-8,10H,9,11H2,(H,18,20). The maximum absolute atomic E-state index is 12.7. The molecule has 0 unspecified atom stereocenters. The Balaban J connectivity index is 1.76. The molecule has 2 rings (SSSR count). The molecule has 0 spiro atoms. The molecule has 0 fully saturated rings. The van der Waals surface area contributed by atoms with Crippen molar-refractivity contribution in [1.82, 2.24) is 5.32 Å². The first-order valence-electron chi connectivity index (χ1n) is 6.36. The number of ether oxygens (including phenoxy) is 1. The minimum absolute atomic E-state index is 0.123. The Morgan fingerprint density at radius 3 is 2.38 bits per heavy atom. The third kappa shape index (κ3) is 4.72. The number of amides is 1. The van der Waals surface area contributed by atoms with Gasteiger partial charge in [0.05, 0.1) is 0 Å². The molecular formula is C16H14FNO3. The first kappa shape index (κ1) is 14.7. The summed E-state index contributed by atoms with van der Waals surface area (Å²) in [6, 6.07) is 12.4. The molecule has 0 radical (unpaired) electrons. The van der Waals surface area contributed by atoms with Crippen LogP contribution in [0.15, 0.2) is 48.5 Å². The molecule has 0 saturated heterocycles. The van der Waals surface area contributed by atoms with Gasteiger partial charge in [-0.3, -0.25) is 9.59 Å². The van der Waals surface area contributed by atoms with Crippen molar-refractivity contribution in [3.8, 4) is 5.75 Å². The zero-order valence-corrected chi connectivity index (χ0v) is 11.2. The van der Waals surface area contributed by atoms with Crippen LogP contribution < -0.4 is 10.1 Å². The van der Waals surface area contributed by atoms with E-state index < -0.39 is 0 Å². The number of rotatable bonds is 6. The minimum atomic E-state index is -0.313. The highest BCUT2D eigenvalue weighted by molar-refractivity contribution is 5.77. The second kappa shape index (κ2) is 7.19. The van der Waals surface area contributed by atoms with Crippen LogP contribution in [0.1, 0.15) is 15.9 Å². The topological polar surface area (TPSA) is 55.4 Å². The number of benzene rings is 2. The largest absolute Gasteiger partial charge is 0.484 e. The molecule has 0 aliphatic rings. The van der Waals surface area contributed by atoms with E-state index in [1.807, 2.05) is 0 Å². The van der Waals surface area contributed by atoms with Gasteiger partial charge in [0, 0.05) is 12.1 Å². The Morgan fingerprint density at radius 1 is 1.10 bits per heavy atom. The van der Waals surface area contributed by atoms with E-state index in [1.165, 1.54) is 12.1 Å². The highest BCUT2D eigenvalue weighted by Crippen LogP contribution is 2.10. The van der Waals surface area contributed by atoms with Gasteiger partial charge in [0.1, 0.15) is 17.9 Å². The first-order valence-corrected chi connectivity index (χ1v) is 6.36. The van der Waals surface area contributed by atoms with E-state index in [4.69, 9.17) is 4.74 Å². The molecule has 0 aliphatic carbocycles. The van der Waals surface area contributed by atoms with Crippen molar-refractivity contribution in [3.05, 3.63) is 65.5 Å². The van der Waals surface area contributed by atoms with Crippen LogP contribution in [0.4, 0.5) is 4.39 Å². The number of hydrogen-bond donors (Lipinski definition) is 1. The fourth-order valence-electron chi connectivity index (χ4n) is 1.65. The average Bonchev–Trinajstić information content (AvgIpc) is 2.53. The summed E-state index contributed by atoms with van der Waals surface area (Å²) in [4.78, 5) is 22.1. The van der Waals surface area contributed by atoms with Crippen molar-refractivity contribution < 1.29 is 18.7 Å². The van der Waals surface area contributed by atoms with Crippen LogP contribution in [0.25, 0.3) is 0 Å². The lowest BCUT2D eigenvalue weighted by Crippen LogP contribution is -2.28. The second-order valence-corrected chi connectivity index (χ2v) is 4.38. The van der Waals surface area contributed by atoms with Gasteiger partial charge in [-0.15, -0.1) is 0 Å². The number of aldehydes is 1. The van der Waals surface area contributed by atoms with E-state index in [9.17, 15) is 14.0 Å². The summed E-state index contributed by atoms with van der Waals surface area (Å²) in [5, 5.41) is 2.67. The molecule has 0 aromatic heterocycles. The van der Waals surface area contributed by atoms with Crippen LogP contribution in [0.2, 0.25) is 0 Å². The highest BCUT2D eigenvalue weighted by atomic mass is 19.1. The summed E-state index contributed by atoms with van der Waals surface area (Å²) < 4.78 is 18.0. The Morgan fingerprint density at radius 2 is 1.76 bits per heavy atom. The van der Waals surface area contributed by atoms with E-state index in [-0.39, 0.29) is 18.3 Å². The lowest BCUT2D eigenvalue weighted by molar-refractivity contribution is -0.123. The third-order valence-corrected chi connectivity index (χ3v) is 2.79. The number of nitrogens with one attached hydrogen (secondary N) is 1. The highest BCUT2D eigenvalue weighted by Gasteiger charge is 2.03. The summed E-state index contributed by atoms with van der Waals surface area (Å²) in [5.74, 6) is -0.0801. The van der Waals surface area contributed by atoms with Gasteiger partial charge in [-0.1, -0.05) is 12.1 Å². The van der Waals surface area contributed by atoms with E-state index in [0.29, 0.717) is 17.9 Å². The molecule has 108 valence electrons. The Hall–Kier alpha value is -2.69. The van der Waals surface area contributed by atoms with Gasteiger partial charge in [-0.2, -0.15) is 0 Å². The van der Waals surface area contributed by atoms with Crippen molar-refractivity contribution in [3.63, 3.8) is 0 Å². The van der Waals surface area contributed by atoms with Gasteiger partial charge in [0.2, 0.25) is 0 Å². The molecular weight excluding hydrogens is 273 g/mol. The summed E-state index contributed by atoms with van der Waals surface area (Å²) in [7, 11) is 0. The van der Waals surface area contributed by atoms with Crippen molar-refractivity contribution in [2.75, 3.05) is 6.61 Å². The molecule has 4 nitrogen and oxygen atoms in total. The molecule has 1 N–H and O–H groups in total. The molecule has 2 aromatic rings. The molecule has 0 saturated carbocycles. The van der Waals surface area contributed by atoms with Gasteiger partial charge in [0.15, 0.2) is 6.61 Å². The van der Waals surface area contributed by atoms with Crippen LogP contribution in [0.5, 0.6) is 5.75 Å². The van der Waals surface area contributed by atoms with Crippen molar-refractivity contribution in [2.24, 2.45) is 0 Å². The maximum Gasteiger partial charge on any atom is 0.258 e. The second-order valence-electron chi connectivity index (χ2n) is 4.38. The lowest BCUT2D eigenvalue weighted by Gasteiger charge is -2.07. The quantitative estimate of drug-likeness (QED) is 0.830. The Kier molecular flexibility index (Phi) is 5.04. The van der Waals surface area contributed by atoms with E-state index >= 15 is 0 Å². The van der Waals surface area contributed by atoms with Crippen LogP contribution in [0, 0.1) is 5.82 Å². The summed E-state index contributed by atoms with van der Waals surface area (Å²) in [6.07, 6.45) is 0.735. The van der Waals surface area contributed by atoms with Crippen LogP contribution in [0.3, 0.4) is 0 Å². The average molecular weight is 287 g/mol. The number of halogens is 1. The van der Waals surface area contributed by atoms with E-state index in [1.54, 1.807) is 36.4 Å². The number of carbonyl (C=O) groups excluding carboxylic acids is 2. The van der Waals surface area contributed by atoms with Gasteiger partial charge < -0.3 is 10.1 Å². The van der Waals surface area contributed by atoms with Gasteiger partial charge >= 0.3 is 0 Å². The zero-order valence-electron chi connectivity index (χ0n) is 11.2. The van der Waals surface area contributed by atoms with Crippen LogP contribution in [-0.2, 0) is 11.3 Å². The smallest absolute Gasteiger partial charge is 0.258 e. The molecule has 2 aromatic carbocycles. The number of carbonyl (C=O) groups is 2. The maximum atomic E-state index is 12.7. The molecule has 0 bridgehead atoms. The van der Waals surface area contributed by atoms with Crippen molar-refractivity contribution >= 4 is 12.2 Å². The SMILES string of the molecule is O=Cc1ccc(OCC(=O)NCc2ccc(F)cc2)cc1. The zero-order chi connectivity index (χ0) is 15.1. The summed E-state index contributed by atoms with van der Waals surface area (Å²) in [5.41, 5.74) is 1.35. The molecule has 5 heteroatoms. The lowest BCUT2D eigenvalue weighted by atomic mass is 10.2. The fraction of sp³-hybridized carbons (Fsp3) is 0.125. The predicted molar refractivity (Wildman–Crippen MR) is 75.6 cm³/mol. The predicted octanol–water partition coefficient (Wildman–Crippen LogP) is 2.33. The van der Waals surface area contributed by atoms with E-state index in [2.05, 4.69) is 5.32 Å². The van der Waals surface area contributed by atoms with Gasteiger partial charge in [-0.25, -0.2) is 4.39 Å². The first-order chi connectivity index (χ1) is 10.2. The summed E-state index contributed by atoms with van der Waals surface area (Å²) >= 11 is 0. The van der Waals surface area contributed by atoms with Gasteiger partial charge in [-0.05, 0) is 42.0 Å². The molecule has 1 amide bonds. The monoisotopic (exact) mass is 287 g/mol. The normalized spacial score (nSPS) is 9.95. The third-order valence-electron chi connectivity index (χ3n) is 2.79. The fourth-order valence-corrected chi connectivity index (χ4v) is 1.65. The Bertz CT molecular complexity index is 608. The van der Waals surface area contributed by atoms with E-state index in [0.717, 1.165) is 11.8 Å². The molecule has 0 atom stereocenters.